The van der Waals surface area contributed by atoms with Crippen LogP contribution in [-0.2, 0) is 17.6 Å². The highest BCUT2D eigenvalue weighted by atomic mass is 16.5. The fraction of sp³-hybridized carbons (Fsp3) is 0.222. The summed E-state index contributed by atoms with van der Waals surface area (Å²) in [5.74, 6) is 0.972. The van der Waals surface area contributed by atoms with E-state index in [0.717, 1.165) is 11.3 Å². The molecule has 122 valence electrons. The van der Waals surface area contributed by atoms with Gasteiger partial charge in [-0.25, -0.2) is 0 Å². The summed E-state index contributed by atoms with van der Waals surface area (Å²) in [5, 5.41) is 6.81. The van der Waals surface area contributed by atoms with Crippen LogP contribution in [0, 0.1) is 0 Å². The van der Waals surface area contributed by atoms with Crippen molar-refractivity contribution in [3.8, 4) is 11.4 Å². The molecule has 0 spiro atoms. The highest BCUT2D eigenvalue weighted by Gasteiger charge is 2.10. The number of pyridine rings is 1. The minimum atomic E-state index is -0.0367. The third-order valence-electron chi connectivity index (χ3n) is 3.50. The fourth-order valence-electron chi connectivity index (χ4n) is 2.25. The van der Waals surface area contributed by atoms with E-state index < -0.39 is 0 Å². The Balaban J connectivity index is 1.42. The van der Waals surface area contributed by atoms with Crippen molar-refractivity contribution in [2.45, 2.75) is 19.3 Å². The van der Waals surface area contributed by atoms with Crippen molar-refractivity contribution in [3.63, 3.8) is 0 Å². The Bertz CT molecular complexity index is 772. The molecule has 0 fully saturated rings. The maximum atomic E-state index is 11.9. The predicted molar refractivity (Wildman–Crippen MR) is 89.0 cm³/mol. The summed E-state index contributed by atoms with van der Waals surface area (Å²) in [7, 11) is 0. The van der Waals surface area contributed by atoms with Crippen LogP contribution in [-0.4, -0.2) is 27.6 Å². The third-order valence-corrected chi connectivity index (χ3v) is 3.50. The molecule has 0 aliphatic heterocycles. The van der Waals surface area contributed by atoms with Crippen LogP contribution in [0.15, 0.2) is 59.3 Å². The number of carbonyl (C=O) groups is 1. The minimum Gasteiger partial charge on any atom is -0.356 e. The number of nitrogens with zero attached hydrogens (tertiary/aromatic N) is 3. The first kappa shape index (κ1) is 15.9. The zero-order chi connectivity index (χ0) is 16.6. The van der Waals surface area contributed by atoms with Gasteiger partial charge in [0.05, 0.1) is 0 Å². The summed E-state index contributed by atoms with van der Waals surface area (Å²) in [5.41, 5.74) is 1.86. The van der Waals surface area contributed by atoms with E-state index in [2.05, 4.69) is 20.4 Å². The average molecular weight is 322 g/mol. The van der Waals surface area contributed by atoms with Gasteiger partial charge in [-0.05, 0) is 12.1 Å². The average Bonchev–Trinajstić information content (AvgIpc) is 3.11. The molecule has 2 aromatic heterocycles. The molecule has 24 heavy (non-hydrogen) atoms. The first-order valence-electron chi connectivity index (χ1n) is 7.86. The first-order valence-corrected chi connectivity index (χ1v) is 7.86. The number of aryl methyl sites for hydroxylation is 1. The van der Waals surface area contributed by atoms with Gasteiger partial charge in [-0.2, -0.15) is 4.98 Å². The topological polar surface area (TPSA) is 80.9 Å². The van der Waals surface area contributed by atoms with E-state index in [9.17, 15) is 4.79 Å². The number of hydrogen-bond acceptors (Lipinski definition) is 5. The summed E-state index contributed by atoms with van der Waals surface area (Å²) in [6.07, 6.45) is 3.20. The van der Waals surface area contributed by atoms with E-state index in [-0.39, 0.29) is 5.91 Å². The zero-order valence-electron chi connectivity index (χ0n) is 13.2. The van der Waals surface area contributed by atoms with Gasteiger partial charge in [-0.3, -0.25) is 9.78 Å². The van der Waals surface area contributed by atoms with Crippen LogP contribution in [0.1, 0.15) is 18.0 Å². The Morgan fingerprint density at radius 3 is 2.67 bits per heavy atom. The zero-order valence-corrected chi connectivity index (χ0v) is 13.2. The van der Waals surface area contributed by atoms with Gasteiger partial charge < -0.3 is 9.84 Å². The molecular weight excluding hydrogens is 304 g/mol. The lowest BCUT2D eigenvalue weighted by molar-refractivity contribution is -0.121. The van der Waals surface area contributed by atoms with Gasteiger partial charge in [0.15, 0.2) is 0 Å². The van der Waals surface area contributed by atoms with Crippen molar-refractivity contribution < 1.29 is 9.32 Å². The highest BCUT2D eigenvalue weighted by molar-refractivity contribution is 5.76. The van der Waals surface area contributed by atoms with Crippen LogP contribution in [0.2, 0.25) is 0 Å². The highest BCUT2D eigenvalue weighted by Crippen LogP contribution is 2.15. The van der Waals surface area contributed by atoms with Crippen LogP contribution >= 0.6 is 0 Å². The number of benzene rings is 1. The van der Waals surface area contributed by atoms with Gasteiger partial charge in [0, 0.05) is 43.3 Å². The Labute approximate surface area is 139 Å². The molecule has 0 atom stereocenters. The molecule has 3 aromatic rings. The molecule has 1 N–H and O–H groups in total. The molecule has 0 saturated heterocycles. The van der Waals surface area contributed by atoms with Crippen LogP contribution in [0.3, 0.4) is 0 Å². The van der Waals surface area contributed by atoms with Crippen molar-refractivity contribution in [2.75, 3.05) is 6.54 Å². The smallest absolute Gasteiger partial charge is 0.227 e. The lowest BCUT2D eigenvalue weighted by atomic mass is 10.2. The van der Waals surface area contributed by atoms with Gasteiger partial charge in [0.2, 0.25) is 17.6 Å². The van der Waals surface area contributed by atoms with Gasteiger partial charge in [-0.1, -0.05) is 41.6 Å². The van der Waals surface area contributed by atoms with E-state index in [1.807, 2.05) is 48.5 Å². The Morgan fingerprint density at radius 2 is 1.88 bits per heavy atom. The summed E-state index contributed by atoms with van der Waals surface area (Å²) in [6.45, 7) is 0.564. The third kappa shape index (κ3) is 4.49. The molecule has 1 amide bonds. The Hall–Kier alpha value is -3.02. The summed E-state index contributed by atoms with van der Waals surface area (Å²) in [6, 6.07) is 15.3. The van der Waals surface area contributed by atoms with Gasteiger partial charge >= 0.3 is 0 Å². The number of aromatic nitrogens is 3. The molecule has 0 aliphatic carbocycles. The number of amides is 1. The molecule has 1 aromatic carbocycles. The lowest BCUT2D eigenvalue weighted by Gasteiger charge is -2.03. The van der Waals surface area contributed by atoms with E-state index in [1.54, 1.807) is 6.20 Å². The molecule has 6 nitrogen and oxygen atoms in total. The minimum absolute atomic E-state index is 0.0367. The number of hydrogen-bond donors (Lipinski definition) is 1. The maximum absolute atomic E-state index is 11.9. The molecule has 0 saturated carbocycles. The molecule has 3 rings (SSSR count). The molecule has 2 heterocycles. The number of nitrogens with one attached hydrogen (secondary N) is 1. The monoisotopic (exact) mass is 322 g/mol. The van der Waals surface area contributed by atoms with Crippen molar-refractivity contribution in [1.29, 1.82) is 0 Å². The molecular formula is C18H18N4O2. The SMILES string of the molecule is O=C(CCc1nc(-c2ccccc2)no1)NCCc1ccccn1. The standard InChI is InChI=1S/C18H18N4O2/c23-16(20-13-11-15-8-4-5-12-19-15)9-10-17-21-18(22-24-17)14-6-2-1-3-7-14/h1-8,12H,9-11,13H2,(H,20,23). The quantitative estimate of drug-likeness (QED) is 0.722. The number of carbonyl (C=O) groups excluding carboxylic acids is 1. The van der Waals surface area contributed by atoms with E-state index in [1.165, 1.54) is 0 Å². The molecule has 0 radical (unpaired) electrons. The Morgan fingerprint density at radius 1 is 1.04 bits per heavy atom. The van der Waals surface area contributed by atoms with Gasteiger partial charge in [0.25, 0.3) is 0 Å². The molecule has 0 bridgehead atoms. The van der Waals surface area contributed by atoms with Crippen molar-refractivity contribution in [2.24, 2.45) is 0 Å². The second-order valence-electron chi connectivity index (χ2n) is 5.30. The van der Waals surface area contributed by atoms with Crippen LogP contribution in [0.5, 0.6) is 0 Å². The van der Waals surface area contributed by atoms with E-state index in [0.29, 0.717) is 37.5 Å². The second kappa shape index (κ2) is 8.01. The van der Waals surface area contributed by atoms with Crippen LogP contribution < -0.4 is 5.32 Å². The number of rotatable bonds is 7. The normalized spacial score (nSPS) is 10.5. The predicted octanol–water partition coefficient (Wildman–Crippen LogP) is 2.42. The van der Waals surface area contributed by atoms with Crippen LogP contribution in [0.4, 0.5) is 0 Å². The first-order chi connectivity index (χ1) is 11.8. The Kier molecular flexibility index (Phi) is 5.29. The van der Waals surface area contributed by atoms with E-state index in [4.69, 9.17) is 4.52 Å². The van der Waals surface area contributed by atoms with Gasteiger partial charge in [0.1, 0.15) is 0 Å². The summed E-state index contributed by atoms with van der Waals surface area (Å²) in [4.78, 5) is 20.4. The molecule has 0 unspecified atom stereocenters. The summed E-state index contributed by atoms with van der Waals surface area (Å²) >= 11 is 0. The van der Waals surface area contributed by atoms with Crippen molar-refractivity contribution >= 4 is 5.91 Å². The maximum Gasteiger partial charge on any atom is 0.227 e. The second-order valence-corrected chi connectivity index (χ2v) is 5.30. The van der Waals surface area contributed by atoms with Crippen molar-refractivity contribution in [1.82, 2.24) is 20.4 Å². The fourth-order valence-corrected chi connectivity index (χ4v) is 2.25. The van der Waals surface area contributed by atoms with E-state index >= 15 is 0 Å². The van der Waals surface area contributed by atoms with Crippen LogP contribution in [0.25, 0.3) is 11.4 Å². The molecule has 0 aliphatic rings. The van der Waals surface area contributed by atoms with Crippen molar-refractivity contribution in [3.05, 3.63) is 66.3 Å². The lowest BCUT2D eigenvalue weighted by Crippen LogP contribution is -2.26. The molecule has 6 heteroatoms. The largest absolute Gasteiger partial charge is 0.356 e. The summed E-state index contributed by atoms with van der Waals surface area (Å²) < 4.78 is 5.19. The van der Waals surface area contributed by atoms with Gasteiger partial charge in [-0.15, -0.1) is 0 Å².